The molecule has 1 heteroatoms. The molecule has 2 saturated carbocycles. The van der Waals surface area contributed by atoms with Crippen molar-refractivity contribution < 1.29 is 4.74 Å². The van der Waals surface area contributed by atoms with E-state index in [2.05, 4.69) is 32.6 Å². The minimum atomic E-state index is 0.189. The average Bonchev–Trinajstić information content (AvgIpc) is 2.90. The first kappa shape index (κ1) is 14.6. The van der Waals surface area contributed by atoms with Crippen molar-refractivity contribution in [2.75, 3.05) is 7.11 Å². The summed E-state index contributed by atoms with van der Waals surface area (Å²) >= 11 is 0. The summed E-state index contributed by atoms with van der Waals surface area (Å²) in [5.41, 5.74) is 3.69. The molecule has 0 N–H and O–H groups in total. The van der Waals surface area contributed by atoms with Gasteiger partial charge in [-0.1, -0.05) is 38.5 Å². The minimum Gasteiger partial charge on any atom is -0.501 e. The van der Waals surface area contributed by atoms with E-state index in [1.54, 1.807) is 7.11 Å². The van der Waals surface area contributed by atoms with E-state index in [1.807, 2.05) is 0 Å². The van der Waals surface area contributed by atoms with Crippen LogP contribution in [0.1, 0.15) is 58.8 Å². The maximum atomic E-state index is 5.54. The van der Waals surface area contributed by atoms with Crippen molar-refractivity contribution in [1.29, 1.82) is 0 Å². The molecule has 22 heavy (non-hydrogen) atoms. The maximum Gasteiger partial charge on any atom is 0.0998 e. The highest BCUT2D eigenvalue weighted by molar-refractivity contribution is 5.45. The number of hydrogen-bond acceptors (Lipinski definition) is 1. The molecule has 4 rings (SSSR count). The SMILES string of the molecule is C=C1CC(OC)=CC2=CC[C@H]3[C@@H]4CCC[C@@]4(C)CC[C@@H]3[C@@]12C. The molecule has 0 aromatic heterocycles. The zero-order valence-corrected chi connectivity index (χ0v) is 14.5. The molecule has 120 valence electrons. The van der Waals surface area contributed by atoms with Gasteiger partial charge in [-0.15, -0.1) is 0 Å². The summed E-state index contributed by atoms with van der Waals surface area (Å²) in [5, 5.41) is 0. The van der Waals surface area contributed by atoms with E-state index in [-0.39, 0.29) is 5.41 Å². The van der Waals surface area contributed by atoms with Gasteiger partial charge in [-0.3, -0.25) is 0 Å². The zero-order chi connectivity index (χ0) is 15.5. The third kappa shape index (κ3) is 1.77. The molecule has 5 atom stereocenters. The van der Waals surface area contributed by atoms with E-state index >= 15 is 0 Å². The topological polar surface area (TPSA) is 9.23 Å². The van der Waals surface area contributed by atoms with Gasteiger partial charge in [-0.05, 0) is 66.9 Å². The van der Waals surface area contributed by atoms with Crippen LogP contribution in [0.15, 0.2) is 35.6 Å². The van der Waals surface area contributed by atoms with Crippen molar-refractivity contribution in [1.82, 2.24) is 0 Å². The van der Waals surface area contributed by atoms with Gasteiger partial charge in [0.25, 0.3) is 0 Å². The average molecular weight is 298 g/mol. The second kappa shape index (κ2) is 4.76. The van der Waals surface area contributed by atoms with Gasteiger partial charge in [0, 0.05) is 11.8 Å². The van der Waals surface area contributed by atoms with Crippen molar-refractivity contribution >= 4 is 0 Å². The lowest BCUT2D eigenvalue weighted by Gasteiger charge is -2.56. The Kier molecular flexibility index (Phi) is 3.16. The van der Waals surface area contributed by atoms with Crippen molar-refractivity contribution in [2.45, 2.75) is 58.8 Å². The number of fused-ring (bicyclic) bond motifs is 5. The van der Waals surface area contributed by atoms with Crippen LogP contribution in [0, 0.1) is 28.6 Å². The summed E-state index contributed by atoms with van der Waals surface area (Å²) in [6.07, 6.45) is 14.2. The van der Waals surface area contributed by atoms with Crippen LogP contribution in [0.4, 0.5) is 0 Å². The van der Waals surface area contributed by atoms with Gasteiger partial charge in [-0.2, -0.15) is 0 Å². The van der Waals surface area contributed by atoms with Crippen LogP contribution in [-0.2, 0) is 4.74 Å². The van der Waals surface area contributed by atoms with E-state index < -0.39 is 0 Å². The highest BCUT2D eigenvalue weighted by Gasteiger charge is 2.56. The summed E-state index contributed by atoms with van der Waals surface area (Å²) in [5.74, 6) is 3.71. The van der Waals surface area contributed by atoms with Gasteiger partial charge in [0.2, 0.25) is 0 Å². The summed E-state index contributed by atoms with van der Waals surface area (Å²) in [4.78, 5) is 0. The van der Waals surface area contributed by atoms with Crippen LogP contribution in [0.25, 0.3) is 0 Å². The fraction of sp³-hybridized carbons (Fsp3) is 0.714. The predicted octanol–water partition coefficient (Wildman–Crippen LogP) is 5.65. The molecule has 0 aromatic carbocycles. The third-order valence-corrected chi connectivity index (χ3v) is 7.87. The highest BCUT2D eigenvalue weighted by atomic mass is 16.5. The number of methoxy groups -OCH3 is 1. The number of ether oxygens (including phenoxy) is 1. The molecule has 0 aliphatic heterocycles. The highest BCUT2D eigenvalue weighted by Crippen LogP contribution is 2.65. The first-order valence-corrected chi connectivity index (χ1v) is 9.12. The van der Waals surface area contributed by atoms with Gasteiger partial charge in [0.1, 0.15) is 0 Å². The Balaban J connectivity index is 1.75. The van der Waals surface area contributed by atoms with Gasteiger partial charge in [-0.25, -0.2) is 0 Å². The minimum absolute atomic E-state index is 0.189. The van der Waals surface area contributed by atoms with Gasteiger partial charge >= 0.3 is 0 Å². The zero-order valence-electron chi connectivity index (χ0n) is 14.5. The quantitative estimate of drug-likeness (QED) is 0.569. The van der Waals surface area contributed by atoms with E-state index in [1.165, 1.54) is 49.7 Å². The van der Waals surface area contributed by atoms with Crippen LogP contribution in [0.5, 0.6) is 0 Å². The molecule has 0 unspecified atom stereocenters. The van der Waals surface area contributed by atoms with Crippen LogP contribution in [0.3, 0.4) is 0 Å². The van der Waals surface area contributed by atoms with E-state index in [0.717, 1.165) is 29.9 Å². The Labute approximate surface area is 135 Å². The molecular formula is C21H30O. The second-order valence-electron chi connectivity index (χ2n) is 8.65. The lowest BCUT2D eigenvalue weighted by molar-refractivity contribution is -0.00481. The molecule has 0 bridgehead atoms. The Bertz CT molecular complexity index is 568. The monoisotopic (exact) mass is 298 g/mol. The standard InChI is InChI=1S/C21H30O/c1-14-12-16(22-4)13-15-7-8-17-18-6-5-10-20(18,2)11-9-19(17)21(14,15)3/h7,13,17-19H,1,5-6,8-12H2,2-4H3/t17-,18-,19-,20-,21-/m0/s1. The third-order valence-electron chi connectivity index (χ3n) is 7.87. The smallest absolute Gasteiger partial charge is 0.0998 e. The van der Waals surface area contributed by atoms with E-state index in [0.29, 0.717) is 5.41 Å². The number of rotatable bonds is 1. The molecular weight excluding hydrogens is 268 g/mol. The van der Waals surface area contributed by atoms with Crippen LogP contribution < -0.4 is 0 Å². The molecule has 0 saturated heterocycles. The van der Waals surface area contributed by atoms with Gasteiger partial charge in [0.15, 0.2) is 0 Å². The number of hydrogen-bond donors (Lipinski definition) is 0. The fourth-order valence-electron chi connectivity index (χ4n) is 6.44. The van der Waals surface area contributed by atoms with Crippen molar-refractivity contribution in [3.63, 3.8) is 0 Å². The molecule has 2 fully saturated rings. The maximum absolute atomic E-state index is 5.54. The molecule has 1 nitrogen and oxygen atoms in total. The van der Waals surface area contributed by atoms with E-state index in [4.69, 9.17) is 4.74 Å². The lowest BCUT2D eigenvalue weighted by atomic mass is 9.48. The summed E-state index contributed by atoms with van der Waals surface area (Å²) in [7, 11) is 1.79. The van der Waals surface area contributed by atoms with Gasteiger partial charge in [0.05, 0.1) is 12.9 Å². The molecule has 0 heterocycles. The number of allylic oxidation sites excluding steroid dienone is 4. The van der Waals surface area contributed by atoms with Crippen molar-refractivity contribution in [2.24, 2.45) is 28.6 Å². The molecule has 0 aromatic rings. The van der Waals surface area contributed by atoms with Crippen molar-refractivity contribution in [3.8, 4) is 0 Å². The lowest BCUT2D eigenvalue weighted by Crippen LogP contribution is -2.48. The summed E-state index contributed by atoms with van der Waals surface area (Å²) < 4.78 is 5.54. The van der Waals surface area contributed by atoms with Crippen LogP contribution in [-0.4, -0.2) is 7.11 Å². The van der Waals surface area contributed by atoms with Crippen molar-refractivity contribution in [3.05, 3.63) is 35.6 Å². The Hall–Kier alpha value is -0.980. The van der Waals surface area contributed by atoms with E-state index in [9.17, 15) is 0 Å². The first-order valence-electron chi connectivity index (χ1n) is 9.12. The molecule has 0 radical (unpaired) electrons. The van der Waals surface area contributed by atoms with Crippen LogP contribution >= 0.6 is 0 Å². The first-order chi connectivity index (χ1) is 10.5. The Morgan fingerprint density at radius 3 is 2.77 bits per heavy atom. The predicted molar refractivity (Wildman–Crippen MR) is 91.3 cm³/mol. The Morgan fingerprint density at radius 1 is 1.18 bits per heavy atom. The summed E-state index contributed by atoms with van der Waals surface area (Å²) in [6, 6.07) is 0. The molecule has 4 aliphatic rings. The fourth-order valence-corrected chi connectivity index (χ4v) is 6.44. The Morgan fingerprint density at radius 2 is 2.00 bits per heavy atom. The summed E-state index contributed by atoms with van der Waals surface area (Å²) in [6.45, 7) is 9.54. The van der Waals surface area contributed by atoms with Gasteiger partial charge < -0.3 is 4.74 Å². The molecule has 0 amide bonds. The van der Waals surface area contributed by atoms with Crippen LogP contribution in [0.2, 0.25) is 0 Å². The second-order valence-corrected chi connectivity index (χ2v) is 8.65. The molecule has 0 spiro atoms. The molecule has 4 aliphatic carbocycles. The normalized spacial score (nSPS) is 47.0. The largest absolute Gasteiger partial charge is 0.501 e.